The first-order valence-corrected chi connectivity index (χ1v) is 40.1. The summed E-state index contributed by atoms with van der Waals surface area (Å²) in [7, 11) is 0. The van der Waals surface area contributed by atoms with Crippen molar-refractivity contribution in [2.24, 2.45) is 0 Å². The maximum atomic E-state index is 2.40. The third-order valence-corrected chi connectivity index (χ3v) is 22.0. The van der Waals surface area contributed by atoms with Crippen LogP contribution in [0, 0.1) is 104 Å². The molecule has 0 saturated heterocycles. The minimum absolute atomic E-state index is 0. The minimum atomic E-state index is 0. The van der Waals surface area contributed by atoms with Crippen molar-refractivity contribution in [1.82, 2.24) is 0 Å². The van der Waals surface area contributed by atoms with Crippen molar-refractivity contribution in [3.8, 4) is 0 Å². The highest BCUT2D eigenvalue weighted by Crippen LogP contribution is 2.34. The van der Waals surface area contributed by atoms with Gasteiger partial charge in [0, 0.05) is 0 Å². The van der Waals surface area contributed by atoms with Gasteiger partial charge < -0.3 is 0 Å². The van der Waals surface area contributed by atoms with Crippen molar-refractivity contribution in [1.29, 1.82) is 0 Å². The van der Waals surface area contributed by atoms with Crippen LogP contribution in [0.2, 0.25) is 0 Å². The summed E-state index contributed by atoms with van der Waals surface area (Å²) in [4.78, 5) is 0. The van der Waals surface area contributed by atoms with E-state index in [0.717, 1.165) is 64.2 Å². The molecule has 0 spiro atoms. The van der Waals surface area contributed by atoms with Crippen LogP contribution in [0.4, 0.5) is 0 Å². The highest BCUT2D eigenvalue weighted by atomic mass is 14.2. The van der Waals surface area contributed by atoms with E-state index in [0.29, 0.717) is 35.5 Å². The molecule has 8 aromatic rings. The summed E-state index contributed by atoms with van der Waals surface area (Å²) in [6, 6.07) is 38.4. The van der Waals surface area contributed by atoms with Gasteiger partial charge in [-0.1, -0.05) is 274 Å². The van der Waals surface area contributed by atoms with Gasteiger partial charge in [-0.25, -0.2) is 0 Å². The molecule has 0 fully saturated rings. The summed E-state index contributed by atoms with van der Waals surface area (Å²) >= 11 is 0. The quantitative estimate of drug-likeness (QED) is 0.0904. The molecule has 0 unspecified atom stereocenters. The molecule has 102 heavy (non-hydrogen) atoms. The molecule has 0 heteroatoms. The largest absolute Gasteiger partial charge is 0.0776 e. The second-order valence-electron chi connectivity index (χ2n) is 31.0. The van der Waals surface area contributed by atoms with Gasteiger partial charge >= 0.3 is 0 Å². The number of rotatable bonds is 16. The smallest absolute Gasteiger partial charge is 0.0213 e. The van der Waals surface area contributed by atoms with Gasteiger partial charge in [0.05, 0.1) is 0 Å². The Bertz CT molecular complexity index is 3580. The molecule has 0 aromatic heterocycles. The maximum absolute atomic E-state index is 2.40. The van der Waals surface area contributed by atoms with Crippen LogP contribution in [0.5, 0.6) is 0 Å². The normalized spacial score (nSPS) is 10.7. The van der Waals surface area contributed by atoms with Gasteiger partial charge in [-0.2, -0.15) is 0 Å². The third-order valence-electron chi connectivity index (χ3n) is 22.0. The Morgan fingerprint density at radius 2 is 0.480 bits per heavy atom. The average Bonchev–Trinajstić information content (AvgIpc) is 0.823. The zero-order chi connectivity index (χ0) is 77.5. The molecule has 0 saturated carbocycles. The summed E-state index contributed by atoms with van der Waals surface area (Å²) < 4.78 is 0. The van der Waals surface area contributed by atoms with Crippen molar-refractivity contribution in [3.63, 3.8) is 0 Å². The van der Waals surface area contributed by atoms with Gasteiger partial charge in [0.1, 0.15) is 0 Å². The van der Waals surface area contributed by atoms with Crippen molar-refractivity contribution < 1.29 is 0 Å². The summed E-state index contributed by atoms with van der Waals surface area (Å²) in [5.41, 5.74) is 46.0. The first-order chi connectivity index (χ1) is 47.4. The van der Waals surface area contributed by atoms with Crippen LogP contribution in [0.25, 0.3) is 0 Å². The Kier molecular flexibility index (Phi) is 45.0. The molecule has 8 rings (SSSR count). The number of hydrogen-bond acceptors (Lipinski definition) is 0. The van der Waals surface area contributed by atoms with Gasteiger partial charge in [0.2, 0.25) is 0 Å². The Hall–Kier alpha value is -6.24. The lowest BCUT2D eigenvalue weighted by Gasteiger charge is -2.21. The molecule has 0 atom stereocenters. The van der Waals surface area contributed by atoms with Crippen molar-refractivity contribution in [2.45, 2.75) is 363 Å². The molecule has 0 N–H and O–H groups in total. The first-order valence-electron chi connectivity index (χ1n) is 40.1. The second-order valence-corrected chi connectivity index (χ2v) is 31.0. The van der Waals surface area contributed by atoms with E-state index in [9.17, 15) is 0 Å². The van der Waals surface area contributed by atoms with E-state index in [2.05, 4.69) is 359 Å². The van der Waals surface area contributed by atoms with Gasteiger partial charge in [-0.3, -0.25) is 0 Å². The van der Waals surface area contributed by atoms with Crippen molar-refractivity contribution in [2.75, 3.05) is 0 Å². The van der Waals surface area contributed by atoms with E-state index >= 15 is 0 Å². The summed E-state index contributed by atoms with van der Waals surface area (Å²) in [5.74, 6) is 3.78. The Labute approximate surface area is 635 Å². The molecule has 0 bridgehead atoms. The summed E-state index contributed by atoms with van der Waals surface area (Å²) in [6.45, 7) is 82.9. The molecule has 0 amide bonds. The van der Waals surface area contributed by atoms with Crippen LogP contribution in [-0.4, -0.2) is 0 Å². The minimum Gasteiger partial charge on any atom is -0.0776 e. The molecule has 0 heterocycles. The zero-order valence-electron chi connectivity index (χ0n) is 72.9. The SMILES string of the molecule is C.CCc1cc(C(C)C)cc(CC)c1C.CCc1cc(C)cc(C(C)C)c1C.CCc1cc(C)cc(CC)c1C.CCc1cc(CC)c(C)c(CC)c1.CCc1cccc(CC)c1C.Cc1c(C(C)C)cc(C(C)C)cc1C(C)C.Cc1c(C)c(C)c(C(C)C)c(C)c1C.Cc1ccccc1C. The topological polar surface area (TPSA) is 0 Å². The lowest BCUT2D eigenvalue weighted by Crippen LogP contribution is -2.04. The van der Waals surface area contributed by atoms with Crippen LogP contribution in [0.3, 0.4) is 0 Å². The van der Waals surface area contributed by atoms with Crippen molar-refractivity contribution >= 4 is 0 Å². The van der Waals surface area contributed by atoms with Gasteiger partial charge in [-0.05, 0) is 365 Å². The predicted octanol–water partition coefficient (Wildman–Crippen LogP) is 31.1. The molecule has 0 nitrogen and oxygen atoms in total. The van der Waals surface area contributed by atoms with Crippen LogP contribution in [0.1, 0.15) is 368 Å². The van der Waals surface area contributed by atoms with E-state index in [1.54, 1.807) is 5.56 Å². The van der Waals surface area contributed by atoms with Crippen LogP contribution < -0.4 is 0 Å². The molecular formula is C102H158. The molecular weight excluding hydrogens is 1230 g/mol. The molecule has 566 valence electrons. The van der Waals surface area contributed by atoms with E-state index in [1.807, 2.05) is 0 Å². The Morgan fingerprint density at radius 1 is 0.216 bits per heavy atom. The molecule has 0 aliphatic heterocycles. The fourth-order valence-corrected chi connectivity index (χ4v) is 14.3. The predicted molar refractivity (Wildman–Crippen MR) is 468 cm³/mol. The van der Waals surface area contributed by atoms with E-state index in [4.69, 9.17) is 0 Å². The van der Waals surface area contributed by atoms with Gasteiger partial charge in [0.25, 0.3) is 0 Å². The molecule has 0 radical (unpaired) electrons. The van der Waals surface area contributed by atoms with Crippen molar-refractivity contribution in [3.05, 3.63) is 276 Å². The Morgan fingerprint density at radius 3 is 0.765 bits per heavy atom. The molecule has 8 aromatic carbocycles. The fraction of sp³-hybridized carbons (Fsp3) is 0.529. The molecule has 0 aliphatic carbocycles. The fourth-order valence-electron chi connectivity index (χ4n) is 14.3. The summed E-state index contributed by atoms with van der Waals surface area (Å²) in [6.07, 6.45) is 11.5. The van der Waals surface area contributed by atoms with E-state index in [-0.39, 0.29) is 7.43 Å². The lowest BCUT2D eigenvalue weighted by atomic mass is 9.85. The monoisotopic (exact) mass is 1380 g/mol. The number of benzene rings is 8. The van der Waals surface area contributed by atoms with Crippen LogP contribution in [0.15, 0.2) is 103 Å². The highest BCUT2D eigenvalue weighted by Gasteiger charge is 2.16. The van der Waals surface area contributed by atoms with Crippen LogP contribution >= 0.6 is 0 Å². The number of aryl methyl sites for hydroxylation is 14. The van der Waals surface area contributed by atoms with E-state index < -0.39 is 0 Å². The average molecular weight is 1380 g/mol. The third kappa shape index (κ3) is 29.0. The maximum Gasteiger partial charge on any atom is -0.0213 e. The zero-order valence-corrected chi connectivity index (χ0v) is 72.9. The molecule has 0 aliphatic rings. The van der Waals surface area contributed by atoms with E-state index in [1.165, 1.54) is 167 Å². The standard InChI is InChI=1S/C16H26.2C14H22.2C13H20.C12H18.C11H16.C8H10.CH4/c1-10(2)14-8-15(11(3)4)13(7)16(9-14)12(5)6;1-8(2)14-12(6)10(4)9(3)11(5)13(14)7;1-6-12-8-14(10(3)4)9-13(7-2)11(12)5;1-6-12-7-10(4)8-13(9(2)3)11(12)5;1-5-11-8-12(6-2)10(4)13(7-3)9-11;1-5-11-7-9(3)8-12(6-2)10(11)4;1-4-10-7-6-8-11(5-2)9(10)3;1-7-5-3-4-6-8(7)2;/h8-12H,1-7H3;8H,1-7H3;8-10H,6-7H2,1-5H3;7-9H,6H2,1-5H3;8-9H,5-7H2,1-4H3;7-8H,5-6H2,1-4H3;6-8H,4-5H2,1-3H3;3-6H,1-2H3;1H4. The Balaban J connectivity index is 0.00000115. The second kappa shape index (κ2) is 48.0. The van der Waals surface area contributed by atoms with Gasteiger partial charge in [0.15, 0.2) is 0 Å². The lowest BCUT2D eigenvalue weighted by molar-refractivity contribution is 0.792. The van der Waals surface area contributed by atoms with Gasteiger partial charge in [-0.15, -0.1) is 0 Å². The first kappa shape index (κ1) is 95.8. The summed E-state index contributed by atoms with van der Waals surface area (Å²) in [5, 5.41) is 0. The highest BCUT2D eigenvalue weighted by molar-refractivity contribution is 5.51. The number of hydrogen-bond donors (Lipinski definition) is 0. The van der Waals surface area contributed by atoms with Crippen LogP contribution in [-0.2, 0) is 64.2 Å².